The highest BCUT2D eigenvalue weighted by Gasteiger charge is 2.16. The molecule has 0 aromatic carbocycles. The standard InChI is InChI=1S/C14H26N2O3S2/c1-11(2)9-19-6-5-16-21(17,18)14-7-13(10-20-14)8-15-12(3)4/h7,10-12,15-16H,5-6,8-9H2,1-4H3. The van der Waals surface area contributed by atoms with Gasteiger partial charge in [-0.1, -0.05) is 27.7 Å². The fraction of sp³-hybridized carbons (Fsp3) is 0.714. The second kappa shape index (κ2) is 8.85. The largest absolute Gasteiger partial charge is 0.380 e. The van der Waals surface area contributed by atoms with E-state index in [2.05, 4.69) is 37.7 Å². The van der Waals surface area contributed by atoms with Crippen LogP contribution < -0.4 is 10.0 Å². The van der Waals surface area contributed by atoms with E-state index in [1.807, 2.05) is 5.38 Å². The molecule has 0 saturated heterocycles. The minimum absolute atomic E-state index is 0.298. The highest BCUT2D eigenvalue weighted by atomic mass is 32.2. The lowest BCUT2D eigenvalue weighted by Gasteiger charge is -2.08. The summed E-state index contributed by atoms with van der Waals surface area (Å²) in [5.41, 5.74) is 0.991. The highest BCUT2D eigenvalue weighted by Crippen LogP contribution is 2.20. The molecule has 21 heavy (non-hydrogen) atoms. The Morgan fingerprint density at radius 3 is 2.62 bits per heavy atom. The Kier molecular flexibility index (Phi) is 7.83. The normalized spacial score (nSPS) is 12.5. The van der Waals surface area contributed by atoms with Gasteiger partial charge in [-0.15, -0.1) is 11.3 Å². The average Bonchev–Trinajstić information content (AvgIpc) is 2.85. The molecule has 0 atom stereocenters. The monoisotopic (exact) mass is 334 g/mol. The Morgan fingerprint density at radius 2 is 2.00 bits per heavy atom. The van der Waals surface area contributed by atoms with Gasteiger partial charge in [0.05, 0.1) is 6.61 Å². The molecular weight excluding hydrogens is 308 g/mol. The molecule has 0 unspecified atom stereocenters. The molecule has 122 valence electrons. The van der Waals surface area contributed by atoms with Crippen molar-refractivity contribution >= 4 is 21.4 Å². The molecule has 0 spiro atoms. The summed E-state index contributed by atoms with van der Waals surface area (Å²) in [4.78, 5) is 0. The van der Waals surface area contributed by atoms with Crippen LogP contribution in [0.5, 0.6) is 0 Å². The zero-order valence-electron chi connectivity index (χ0n) is 13.2. The minimum Gasteiger partial charge on any atom is -0.380 e. The van der Waals surface area contributed by atoms with Gasteiger partial charge < -0.3 is 10.1 Å². The summed E-state index contributed by atoms with van der Waals surface area (Å²) >= 11 is 1.25. The lowest BCUT2D eigenvalue weighted by atomic mass is 10.2. The molecule has 0 radical (unpaired) electrons. The lowest BCUT2D eigenvalue weighted by molar-refractivity contribution is 0.114. The minimum atomic E-state index is -3.42. The maximum atomic E-state index is 12.1. The molecule has 5 nitrogen and oxygen atoms in total. The first-order valence-electron chi connectivity index (χ1n) is 7.19. The van der Waals surface area contributed by atoms with Crippen LogP contribution >= 0.6 is 11.3 Å². The maximum Gasteiger partial charge on any atom is 0.250 e. The van der Waals surface area contributed by atoms with E-state index in [-0.39, 0.29) is 0 Å². The van der Waals surface area contributed by atoms with Crippen molar-refractivity contribution in [3.8, 4) is 0 Å². The van der Waals surface area contributed by atoms with Gasteiger partial charge in [-0.2, -0.15) is 0 Å². The Labute approximate surface area is 132 Å². The third-order valence-corrected chi connectivity index (χ3v) is 5.55. The van der Waals surface area contributed by atoms with E-state index in [9.17, 15) is 8.42 Å². The second-order valence-electron chi connectivity index (χ2n) is 5.68. The Balaban J connectivity index is 2.43. The van der Waals surface area contributed by atoms with Crippen LogP contribution in [0.25, 0.3) is 0 Å². The second-order valence-corrected chi connectivity index (χ2v) is 8.58. The first-order valence-corrected chi connectivity index (χ1v) is 9.55. The third kappa shape index (κ3) is 7.37. The average molecular weight is 335 g/mol. The molecule has 7 heteroatoms. The molecule has 1 aromatic rings. The van der Waals surface area contributed by atoms with Gasteiger partial charge in [0, 0.05) is 25.7 Å². The molecule has 0 aliphatic rings. The van der Waals surface area contributed by atoms with Crippen LogP contribution in [0.3, 0.4) is 0 Å². The molecule has 0 amide bonds. The van der Waals surface area contributed by atoms with Crippen molar-refractivity contribution in [2.24, 2.45) is 5.92 Å². The van der Waals surface area contributed by atoms with Crippen LogP contribution in [-0.4, -0.2) is 34.2 Å². The summed E-state index contributed by atoms with van der Waals surface area (Å²) < 4.78 is 32.5. The van der Waals surface area contributed by atoms with E-state index >= 15 is 0 Å². The Hall–Kier alpha value is -0.470. The van der Waals surface area contributed by atoms with Gasteiger partial charge in [0.2, 0.25) is 10.0 Å². The molecule has 1 heterocycles. The molecule has 0 aliphatic heterocycles. The number of nitrogens with one attached hydrogen (secondary N) is 2. The van der Waals surface area contributed by atoms with Gasteiger partial charge in [0.15, 0.2) is 0 Å². The fourth-order valence-electron chi connectivity index (χ4n) is 1.55. The SMILES string of the molecule is CC(C)COCCNS(=O)(=O)c1cc(CNC(C)C)cs1. The molecule has 0 aliphatic carbocycles. The number of thiophene rings is 1. The van der Waals surface area contributed by atoms with Crippen LogP contribution in [-0.2, 0) is 21.3 Å². The van der Waals surface area contributed by atoms with Crippen molar-refractivity contribution in [1.82, 2.24) is 10.0 Å². The Bertz CT molecular complexity index is 510. The van der Waals surface area contributed by atoms with Crippen molar-refractivity contribution in [3.63, 3.8) is 0 Å². The van der Waals surface area contributed by atoms with Gasteiger partial charge in [0.25, 0.3) is 0 Å². The van der Waals surface area contributed by atoms with E-state index in [4.69, 9.17) is 4.74 Å². The summed E-state index contributed by atoms with van der Waals surface area (Å²) in [6, 6.07) is 2.10. The van der Waals surface area contributed by atoms with E-state index < -0.39 is 10.0 Å². The number of sulfonamides is 1. The number of hydrogen-bond donors (Lipinski definition) is 2. The van der Waals surface area contributed by atoms with Gasteiger partial charge in [-0.05, 0) is 22.9 Å². The molecular formula is C14H26N2O3S2. The van der Waals surface area contributed by atoms with Crippen LogP contribution in [0.2, 0.25) is 0 Å². The number of rotatable bonds is 10. The summed E-state index contributed by atoms with van der Waals surface area (Å²) in [5, 5.41) is 5.14. The van der Waals surface area contributed by atoms with Crippen molar-refractivity contribution in [2.45, 2.75) is 44.5 Å². The van der Waals surface area contributed by atoms with E-state index in [0.717, 1.165) is 5.56 Å². The molecule has 0 bridgehead atoms. The quantitative estimate of drug-likeness (QED) is 0.644. The van der Waals surface area contributed by atoms with Gasteiger partial charge >= 0.3 is 0 Å². The zero-order chi connectivity index (χ0) is 15.9. The summed E-state index contributed by atoms with van der Waals surface area (Å²) in [7, 11) is -3.42. The third-order valence-electron chi connectivity index (χ3n) is 2.60. The topological polar surface area (TPSA) is 67.4 Å². The number of ether oxygens (including phenoxy) is 1. The molecule has 1 aromatic heterocycles. The molecule has 2 N–H and O–H groups in total. The predicted octanol–water partition coefficient (Wildman–Crippen LogP) is 2.20. The fourth-order valence-corrected chi connectivity index (χ4v) is 3.81. The van der Waals surface area contributed by atoms with Gasteiger partial charge in [0.1, 0.15) is 4.21 Å². The van der Waals surface area contributed by atoms with E-state index in [1.165, 1.54) is 11.3 Å². The molecule has 1 rings (SSSR count). The van der Waals surface area contributed by atoms with Gasteiger partial charge in [-0.25, -0.2) is 13.1 Å². The van der Waals surface area contributed by atoms with Crippen molar-refractivity contribution in [1.29, 1.82) is 0 Å². The summed E-state index contributed by atoms with van der Waals surface area (Å²) in [5.74, 6) is 0.454. The zero-order valence-corrected chi connectivity index (χ0v) is 14.8. The van der Waals surface area contributed by atoms with Gasteiger partial charge in [-0.3, -0.25) is 0 Å². The van der Waals surface area contributed by atoms with E-state index in [1.54, 1.807) is 6.07 Å². The first-order chi connectivity index (χ1) is 9.81. The lowest BCUT2D eigenvalue weighted by Crippen LogP contribution is -2.27. The van der Waals surface area contributed by atoms with Crippen LogP contribution in [0.15, 0.2) is 15.7 Å². The van der Waals surface area contributed by atoms with Crippen LogP contribution in [0, 0.1) is 5.92 Å². The van der Waals surface area contributed by atoms with E-state index in [0.29, 0.717) is 42.5 Å². The molecule has 0 saturated carbocycles. The maximum absolute atomic E-state index is 12.1. The number of hydrogen-bond acceptors (Lipinski definition) is 5. The molecule has 0 fully saturated rings. The summed E-state index contributed by atoms with van der Waals surface area (Å²) in [6.07, 6.45) is 0. The summed E-state index contributed by atoms with van der Waals surface area (Å²) in [6.45, 7) is 10.3. The van der Waals surface area contributed by atoms with Crippen molar-refractivity contribution in [3.05, 3.63) is 17.0 Å². The van der Waals surface area contributed by atoms with Crippen LogP contribution in [0.4, 0.5) is 0 Å². The highest BCUT2D eigenvalue weighted by molar-refractivity contribution is 7.91. The first kappa shape index (κ1) is 18.6. The predicted molar refractivity (Wildman–Crippen MR) is 87.1 cm³/mol. The Morgan fingerprint density at radius 1 is 1.29 bits per heavy atom. The van der Waals surface area contributed by atoms with Crippen molar-refractivity contribution in [2.75, 3.05) is 19.8 Å². The van der Waals surface area contributed by atoms with Crippen LogP contribution in [0.1, 0.15) is 33.3 Å². The van der Waals surface area contributed by atoms with Crippen molar-refractivity contribution < 1.29 is 13.2 Å². The smallest absolute Gasteiger partial charge is 0.250 e.